The molecule has 0 saturated carbocycles. The van der Waals surface area contributed by atoms with E-state index in [-0.39, 0.29) is 11.3 Å². The minimum absolute atomic E-state index is 0.00150. The van der Waals surface area contributed by atoms with Crippen molar-refractivity contribution in [3.8, 4) is 0 Å². The van der Waals surface area contributed by atoms with Crippen molar-refractivity contribution >= 4 is 35.4 Å². The normalized spacial score (nSPS) is 23.3. The third kappa shape index (κ3) is 4.07. The lowest BCUT2D eigenvalue weighted by atomic mass is 10.2. The van der Waals surface area contributed by atoms with Gasteiger partial charge in [-0.25, -0.2) is 4.79 Å². The number of methoxy groups -OCH3 is 1. The molecule has 0 aliphatic carbocycles. The van der Waals surface area contributed by atoms with Crippen molar-refractivity contribution in [1.29, 1.82) is 0 Å². The van der Waals surface area contributed by atoms with E-state index in [4.69, 9.17) is 9.84 Å². The molecule has 0 spiro atoms. The summed E-state index contributed by atoms with van der Waals surface area (Å²) >= 11 is 3.03. The SMILES string of the molecule is CCC1SCC(C(=O)O)N1C(=O)CSCCOC. The Bertz CT molecular complexity index is 301. The van der Waals surface area contributed by atoms with Gasteiger partial charge in [0, 0.05) is 18.6 Å². The van der Waals surface area contributed by atoms with Gasteiger partial charge < -0.3 is 14.7 Å². The molecule has 7 heteroatoms. The fourth-order valence-corrected chi connectivity index (χ4v) is 3.90. The summed E-state index contributed by atoms with van der Waals surface area (Å²) in [4.78, 5) is 24.7. The standard InChI is InChI=1S/C11H19NO4S2/c1-3-10-12(8(6-18-10)11(14)15)9(13)7-17-5-4-16-2/h8,10H,3-7H2,1-2H3,(H,14,15). The number of thioether (sulfide) groups is 2. The topological polar surface area (TPSA) is 66.8 Å². The molecule has 1 heterocycles. The highest BCUT2D eigenvalue weighted by atomic mass is 32.2. The number of hydrogen-bond acceptors (Lipinski definition) is 5. The highest BCUT2D eigenvalue weighted by Gasteiger charge is 2.40. The van der Waals surface area contributed by atoms with E-state index in [1.165, 1.54) is 16.7 Å². The molecule has 1 aliphatic heterocycles. The Morgan fingerprint density at radius 1 is 1.56 bits per heavy atom. The van der Waals surface area contributed by atoms with Gasteiger partial charge in [0.25, 0.3) is 0 Å². The van der Waals surface area contributed by atoms with Crippen molar-refractivity contribution < 1.29 is 19.4 Å². The van der Waals surface area contributed by atoms with Crippen molar-refractivity contribution in [3.63, 3.8) is 0 Å². The smallest absolute Gasteiger partial charge is 0.327 e. The maximum Gasteiger partial charge on any atom is 0.327 e. The molecule has 0 bridgehead atoms. The number of rotatable bonds is 7. The summed E-state index contributed by atoms with van der Waals surface area (Å²) in [5, 5.41) is 9.12. The van der Waals surface area contributed by atoms with Crippen LogP contribution in [0.25, 0.3) is 0 Å². The second-order valence-corrected chi connectivity index (χ2v) is 6.21. The largest absolute Gasteiger partial charge is 0.480 e. The zero-order valence-electron chi connectivity index (χ0n) is 10.6. The van der Waals surface area contributed by atoms with Gasteiger partial charge in [0.15, 0.2) is 0 Å². The van der Waals surface area contributed by atoms with Crippen LogP contribution in [0.5, 0.6) is 0 Å². The lowest BCUT2D eigenvalue weighted by Gasteiger charge is -2.26. The summed E-state index contributed by atoms with van der Waals surface area (Å²) in [7, 11) is 1.62. The maximum absolute atomic E-state index is 12.1. The van der Waals surface area contributed by atoms with E-state index < -0.39 is 12.0 Å². The quantitative estimate of drug-likeness (QED) is 0.710. The van der Waals surface area contributed by atoms with Crippen LogP contribution in [0.4, 0.5) is 0 Å². The summed E-state index contributed by atoms with van der Waals surface area (Å²) < 4.78 is 4.91. The molecule has 1 amide bonds. The molecule has 0 aromatic rings. The van der Waals surface area contributed by atoms with Gasteiger partial charge in [0.05, 0.1) is 17.7 Å². The molecule has 2 unspecified atom stereocenters. The third-order valence-corrected chi connectivity index (χ3v) is 5.03. The van der Waals surface area contributed by atoms with E-state index in [9.17, 15) is 9.59 Å². The van der Waals surface area contributed by atoms with E-state index in [1.807, 2.05) is 6.92 Å². The first-order chi connectivity index (χ1) is 8.61. The maximum atomic E-state index is 12.1. The molecule has 2 atom stereocenters. The number of carbonyl (C=O) groups excluding carboxylic acids is 1. The summed E-state index contributed by atoms with van der Waals surface area (Å²) in [6, 6.07) is -0.671. The number of carbonyl (C=O) groups is 2. The third-order valence-electron chi connectivity index (χ3n) is 2.67. The summed E-state index contributed by atoms with van der Waals surface area (Å²) in [5.74, 6) is 0.568. The zero-order chi connectivity index (χ0) is 13.5. The second-order valence-electron chi connectivity index (χ2n) is 3.90. The molecule has 0 aromatic heterocycles. The number of ether oxygens (including phenoxy) is 1. The van der Waals surface area contributed by atoms with Crippen molar-refractivity contribution in [2.75, 3.05) is 31.0 Å². The van der Waals surface area contributed by atoms with E-state index >= 15 is 0 Å². The molecule has 1 aliphatic rings. The fraction of sp³-hybridized carbons (Fsp3) is 0.818. The molecule has 104 valence electrons. The van der Waals surface area contributed by atoms with Gasteiger partial charge in [-0.05, 0) is 6.42 Å². The number of hydrogen-bond donors (Lipinski definition) is 1. The number of aliphatic carboxylic acids is 1. The zero-order valence-corrected chi connectivity index (χ0v) is 12.3. The first kappa shape index (κ1) is 15.7. The molecule has 5 nitrogen and oxygen atoms in total. The fourth-order valence-electron chi connectivity index (χ4n) is 1.78. The molecular weight excluding hydrogens is 274 g/mol. The summed E-state index contributed by atoms with van der Waals surface area (Å²) in [5.41, 5.74) is 0. The number of carboxylic acid groups (broad SMARTS) is 1. The van der Waals surface area contributed by atoms with Crippen LogP contribution in [0.3, 0.4) is 0 Å². The first-order valence-corrected chi connectivity index (χ1v) is 8.04. The van der Waals surface area contributed by atoms with Crippen molar-refractivity contribution in [2.45, 2.75) is 24.8 Å². The summed E-state index contributed by atoms with van der Waals surface area (Å²) in [6.45, 7) is 2.58. The Balaban J connectivity index is 2.52. The van der Waals surface area contributed by atoms with Crippen LogP contribution in [0.1, 0.15) is 13.3 Å². The molecule has 18 heavy (non-hydrogen) atoms. The van der Waals surface area contributed by atoms with Crippen molar-refractivity contribution in [3.05, 3.63) is 0 Å². The van der Waals surface area contributed by atoms with Gasteiger partial charge in [-0.3, -0.25) is 4.79 Å². The van der Waals surface area contributed by atoms with Crippen molar-refractivity contribution in [2.24, 2.45) is 0 Å². The molecule has 1 saturated heterocycles. The lowest BCUT2D eigenvalue weighted by molar-refractivity contribution is -0.148. The second kappa shape index (κ2) is 7.91. The Hall–Kier alpha value is -0.400. The van der Waals surface area contributed by atoms with Crippen LogP contribution in [-0.4, -0.2) is 64.3 Å². The van der Waals surface area contributed by atoms with Crippen LogP contribution in [-0.2, 0) is 14.3 Å². The molecule has 1 rings (SSSR count). The van der Waals surface area contributed by atoms with Crippen LogP contribution in [0.15, 0.2) is 0 Å². The van der Waals surface area contributed by atoms with Crippen LogP contribution in [0, 0.1) is 0 Å². The Morgan fingerprint density at radius 2 is 2.28 bits per heavy atom. The Kier molecular flexibility index (Phi) is 6.88. The van der Waals surface area contributed by atoms with E-state index in [2.05, 4.69) is 0 Å². The Morgan fingerprint density at radius 3 is 2.83 bits per heavy atom. The van der Waals surface area contributed by atoms with Crippen LogP contribution < -0.4 is 0 Å². The van der Waals surface area contributed by atoms with Gasteiger partial charge in [-0.2, -0.15) is 0 Å². The monoisotopic (exact) mass is 293 g/mol. The van der Waals surface area contributed by atoms with Gasteiger partial charge in [0.2, 0.25) is 5.91 Å². The van der Waals surface area contributed by atoms with Crippen LogP contribution >= 0.6 is 23.5 Å². The molecular formula is C11H19NO4S2. The van der Waals surface area contributed by atoms with Gasteiger partial charge in [0.1, 0.15) is 6.04 Å². The van der Waals surface area contributed by atoms with E-state index in [1.54, 1.807) is 18.9 Å². The minimum atomic E-state index is -0.909. The molecule has 1 fully saturated rings. The van der Waals surface area contributed by atoms with Gasteiger partial charge in [-0.15, -0.1) is 23.5 Å². The van der Waals surface area contributed by atoms with E-state index in [0.717, 1.165) is 12.2 Å². The number of nitrogens with zero attached hydrogens (tertiary/aromatic N) is 1. The number of amides is 1. The minimum Gasteiger partial charge on any atom is -0.480 e. The highest BCUT2D eigenvalue weighted by molar-refractivity contribution is 8.00. The van der Waals surface area contributed by atoms with E-state index in [0.29, 0.717) is 18.1 Å². The van der Waals surface area contributed by atoms with Crippen molar-refractivity contribution in [1.82, 2.24) is 4.90 Å². The summed E-state index contributed by atoms with van der Waals surface area (Å²) in [6.07, 6.45) is 0.781. The average Bonchev–Trinajstić information content (AvgIpc) is 2.78. The molecule has 0 radical (unpaired) electrons. The first-order valence-electron chi connectivity index (χ1n) is 5.84. The molecule has 0 aromatic carbocycles. The number of carboxylic acids is 1. The van der Waals surface area contributed by atoms with Gasteiger partial charge >= 0.3 is 5.97 Å². The average molecular weight is 293 g/mol. The lowest BCUT2D eigenvalue weighted by Crippen LogP contribution is -2.46. The predicted octanol–water partition coefficient (Wildman–Crippen LogP) is 1.13. The van der Waals surface area contributed by atoms with Crippen LogP contribution in [0.2, 0.25) is 0 Å². The molecule has 1 N–H and O–H groups in total. The van der Waals surface area contributed by atoms with Gasteiger partial charge in [-0.1, -0.05) is 6.92 Å². The Labute approximate surface area is 116 Å². The highest BCUT2D eigenvalue weighted by Crippen LogP contribution is 2.31. The predicted molar refractivity (Wildman–Crippen MR) is 74.0 cm³/mol.